The maximum Gasteiger partial charge on any atom is 0.253 e. The third-order valence-corrected chi connectivity index (χ3v) is 3.08. The fraction of sp³-hybridized carbons (Fsp3) is 0.833. The smallest absolute Gasteiger partial charge is 0.253 e. The number of sulfone groups is 1. The van der Waals surface area contributed by atoms with Gasteiger partial charge < -0.3 is 10.4 Å². The minimum Gasteiger partial charge on any atom is -0.375 e. The van der Waals surface area contributed by atoms with E-state index in [4.69, 9.17) is 28.3 Å². The molecule has 0 heterocycles. The molecule has 0 spiro atoms. The summed E-state index contributed by atoms with van der Waals surface area (Å²) >= 11 is 10.3. The third-order valence-electron chi connectivity index (χ3n) is 1.47. The SMILES string of the molecule is CS(=O)(=O)C(O)C(CF)NC(=O)C(Cl)Cl. The first kappa shape index (κ1) is 14.9. The van der Waals surface area contributed by atoms with Crippen molar-refractivity contribution in [3.63, 3.8) is 0 Å². The predicted octanol–water partition coefficient (Wildman–Crippen LogP) is -0.393. The monoisotopic (exact) mass is 281 g/mol. The van der Waals surface area contributed by atoms with E-state index in [1.807, 2.05) is 5.32 Å². The molecule has 2 atom stereocenters. The summed E-state index contributed by atoms with van der Waals surface area (Å²) in [6, 6.07) is -1.58. The average molecular weight is 282 g/mol. The summed E-state index contributed by atoms with van der Waals surface area (Å²) in [6.07, 6.45) is 0.714. The number of hydrogen-bond acceptors (Lipinski definition) is 4. The van der Waals surface area contributed by atoms with Gasteiger partial charge in [-0.15, -0.1) is 0 Å². The number of amides is 1. The van der Waals surface area contributed by atoms with Crippen molar-refractivity contribution in [3.05, 3.63) is 0 Å². The number of carbonyl (C=O) groups excluding carboxylic acids is 1. The van der Waals surface area contributed by atoms with E-state index in [9.17, 15) is 17.6 Å². The van der Waals surface area contributed by atoms with Gasteiger partial charge in [-0.25, -0.2) is 12.8 Å². The van der Waals surface area contributed by atoms with Crippen LogP contribution >= 0.6 is 23.2 Å². The van der Waals surface area contributed by atoms with Crippen molar-refractivity contribution in [2.24, 2.45) is 0 Å². The molecular weight excluding hydrogens is 272 g/mol. The molecule has 1 amide bonds. The highest BCUT2D eigenvalue weighted by molar-refractivity contribution is 7.91. The Labute approximate surface area is 96.5 Å². The zero-order chi connectivity index (χ0) is 12.2. The lowest BCUT2D eigenvalue weighted by Gasteiger charge is -2.20. The molecule has 0 radical (unpaired) electrons. The van der Waals surface area contributed by atoms with Gasteiger partial charge in [-0.05, 0) is 0 Å². The summed E-state index contributed by atoms with van der Waals surface area (Å²) < 4.78 is 34.0. The molecule has 0 aromatic heterocycles. The van der Waals surface area contributed by atoms with Crippen molar-refractivity contribution < 1.29 is 22.7 Å². The zero-order valence-electron chi connectivity index (χ0n) is 7.65. The molecule has 0 aliphatic heterocycles. The summed E-state index contributed by atoms with van der Waals surface area (Å²) in [4.78, 5) is 9.44. The highest BCUT2D eigenvalue weighted by Gasteiger charge is 2.30. The number of aliphatic hydroxyl groups excluding tert-OH is 1. The summed E-state index contributed by atoms with van der Waals surface area (Å²) in [7, 11) is -3.87. The van der Waals surface area contributed by atoms with Gasteiger partial charge in [-0.2, -0.15) is 0 Å². The van der Waals surface area contributed by atoms with Crippen molar-refractivity contribution in [2.45, 2.75) is 16.3 Å². The first-order valence-corrected chi connectivity index (χ1v) is 6.54. The molecule has 0 rings (SSSR count). The Balaban J connectivity index is 4.58. The molecule has 0 fully saturated rings. The van der Waals surface area contributed by atoms with E-state index in [0.29, 0.717) is 6.26 Å². The second-order valence-electron chi connectivity index (χ2n) is 2.79. The predicted molar refractivity (Wildman–Crippen MR) is 54.3 cm³/mol. The Hall–Kier alpha value is -0.110. The van der Waals surface area contributed by atoms with Gasteiger partial charge in [0.2, 0.25) is 0 Å². The second-order valence-corrected chi connectivity index (χ2v) is 6.03. The molecule has 0 saturated heterocycles. The van der Waals surface area contributed by atoms with Crippen LogP contribution in [0.1, 0.15) is 0 Å². The average Bonchev–Trinajstić information content (AvgIpc) is 2.10. The van der Waals surface area contributed by atoms with Gasteiger partial charge in [0, 0.05) is 6.26 Å². The van der Waals surface area contributed by atoms with Crippen molar-refractivity contribution in [1.29, 1.82) is 0 Å². The van der Waals surface area contributed by atoms with Crippen LogP contribution in [0.15, 0.2) is 0 Å². The van der Waals surface area contributed by atoms with Gasteiger partial charge in [0.25, 0.3) is 5.91 Å². The number of hydrogen-bond donors (Lipinski definition) is 2. The summed E-state index contributed by atoms with van der Waals surface area (Å²) in [5.74, 6) is -0.969. The molecule has 0 bridgehead atoms. The van der Waals surface area contributed by atoms with Crippen LogP contribution in [0.2, 0.25) is 0 Å². The number of nitrogens with one attached hydrogen (secondary N) is 1. The quantitative estimate of drug-likeness (QED) is 0.673. The minimum absolute atomic E-state index is 0.714. The molecule has 2 N–H and O–H groups in total. The van der Waals surface area contributed by atoms with E-state index in [-0.39, 0.29) is 0 Å². The van der Waals surface area contributed by atoms with E-state index in [1.165, 1.54) is 0 Å². The minimum atomic E-state index is -3.87. The molecule has 9 heteroatoms. The Morgan fingerprint density at radius 2 is 2.00 bits per heavy atom. The van der Waals surface area contributed by atoms with Crippen LogP contribution in [-0.4, -0.2) is 48.7 Å². The number of aliphatic hydroxyl groups is 1. The van der Waals surface area contributed by atoms with Gasteiger partial charge in [0.15, 0.2) is 20.1 Å². The molecule has 2 unspecified atom stereocenters. The Kier molecular flexibility index (Phi) is 5.79. The zero-order valence-corrected chi connectivity index (χ0v) is 9.98. The van der Waals surface area contributed by atoms with Crippen LogP contribution in [0.5, 0.6) is 0 Å². The van der Waals surface area contributed by atoms with E-state index in [1.54, 1.807) is 0 Å². The molecule has 0 aliphatic carbocycles. The van der Waals surface area contributed by atoms with Crippen LogP contribution in [0, 0.1) is 0 Å². The second kappa shape index (κ2) is 5.83. The molecular formula is C6H10Cl2FNO4S. The van der Waals surface area contributed by atoms with E-state index in [2.05, 4.69) is 0 Å². The van der Waals surface area contributed by atoms with E-state index >= 15 is 0 Å². The maximum atomic E-state index is 12.3. The highest BCUT2D eigenvalue weighted by Crippen LogP contribution is 2.06. The van der Waals surface area contributed by atoms with Gasteiger partial charge in [0.05, 0.1) is 6.04 Å². The van der Waals surface area contributed by atoms with Crippen LogP contribution in [0.3, 0.4) is 0 Å². The molecule has 5 nitrogen and oxygen atoms in total. The third kappa shape index (κ3) is 4.96. The normalized spacial score (nSPS) is 16.1. The van der Waals surface area contributed by atoms with Gasteiger partial charge >= 0.3 is 0 Å². The Bertz CT molecular complexity index is 321. The fourth-order valence-electron chi connectivity index (χ4n) is 0.730. The molecule has 15 heavy (non-hydrogen) atoms. The molecule has 90 valence electrons. The summed E-state index contributed by atoms with van der Waals surface area (Å²) in [6.45, 7) is -1.25. The van der Waals surface area contributed by atoms with Gasteiger partial charge in [0.1, 0.15) is 6.67 Å². The highest BCUT2D eigenvalue weighted by atomic mass is 35.5. The maximum absolute atomic E-state index is 12.3. The largest absolute Gasteiger partial charge is 0.375 e. The lowest BCUT2D eigenvalue weighted by Crippen LogP contribution is -2.49. The van der Waals surface area contributed by atoms with Crippen molar-refractivity contribution in [1.82, 2.24) is 5.32 Å². The Morgan fingerprint density at radius 3 is 2.27 bits per heavy atom. The van der Waals surface area contributed by atoms with Gasteiger partial charge in [-0.3, -0.25) is 4.79 Å². The molecule has 0 aliphatic rings. The topological polar surface area (TPSA) is 83.5 Å². The van der Waals surface area contributed by atoms with Gasteiger partial charge in [-0.1, -0.05) is 23.2 Å². The van der Waals surface area contributed by atoms with Crippen LogP contribution in [-0.2, 0) is 14.6 Å². The molecule has 0 aromatic carbocycles. The fourth-order valence-corrected chi connectivity index (χ4v) is 1.59. The summed E-state index contributed by atoms with van der Waals surface area (Å²) in [5.41, 5.74) is -2.03. The number of rotatable bonds is 5. The van der Waals surface area contributed by atoms with E-state index < -0.39 is 38.7 Å². The van der Waals surface area contributed by atoms with Crippen molar-refractivity contribution in [3.8, 4) is 0 Å². The molecule has 0 aromatic rings. The number of halogens is 3. The van der Waals surface area contributed by atoms with E-state index in [0.717, 1.165) is 0 Å². The van der Waals surface area contributed by atoms with Crippen molar-refractivity contribution in [2.75, 3.05) is 12.9 Å². The lowest BCUT2D eigenvalue weighted by atomic mass is 10.3. The first-order chi connectivity index (χ1) is 6.70. The Morgan fingerprint density at radius 1 is 1.53 bits per heavy atom. The van der Waals surface area contributed by atoms with Crippen LogP contribution in [0.4, 0.5) is 4.39 Å². The lowest BCUT2D eigenvalue weighted by molar-refractivity contribution is -0.120. The van der Waals surface area contributed by atoms with Crippen molar-refractivity contribution >= 4 is 38.9 Å². The number of carbonyl (C=O) groups is 1. The summed E-state index contributed by atoms with van der Waals surface area (Å²) in [5, 5.41) is 11.0. The number of alkyl halides is 3. The molecule has 0 saturated carbocycles. The van der Waals surface area contributed by atoms with Crippen LogP contribution in [0.25, 0.3) is 0 Å². The first-order valence-electron chi connectivity index (χ1n) is 3.71. The standard InChI is InChI=1S/C6H10Cl2FNO4S/c1-15(13,14)6(12)3(2-9)10-5(11)4(7)8/h3-4,6,12H,2H2,1H3,(H,10,11). The van der Waals surface area contributed by atoms with Crippen LogP contribution < -0.4 is 5.32 Å².